The molecule has 2 aliphatic rings. The van der Waals surface area contributed by atoms with Crippen molar-refractivity contribution in [1.29, 1.82) is 0 Å². The summed E-state index contributed by atoms with van der Waals surface area (Å²) in [5.41, 5.74) is 1.51. The van der Waals surface area contributed by atoms with Crippen molar-refractivity contribution in [3.8, 4) is 17.4 Å². The second-order valence-corrected chi connectivity index (χ2v) is 12.9. The quantitative estimate of drug-likeness (QED) is 0.429. The zero-order valence-corrected chi connectivity index (χ0v) is 24.6. The zero-order valence-electron chi connectivity index (χ0n) is 23.8. The fourth-order valence-electron chi connectivity index (χ4n) is 4.56. The Morgan fingerprint density at radius 3 is 2.61 bits per heavy atom. The highest BCUT2D eigenvalue weighted by atomic mass is 32.2. The van der Waals surface area contributed by atoms with E-state index in [1.54, 1.807) is 19.9 Å². The highest BCUT2D eigenvalue weighted by Crippen LogP contribution is 2.30. The van der Waals surface area contributed by atoms with E-state index < -0.39 is 21.5 Å². The Bertz CT molecular complexity index is 1420. The first kappa shape index (κ1) is 30.3. The molecular weight excluding hydrogens is 544 g/mol. The molecule has 1 aromatic heterocycles. The van der Waals surface area contributed by atoms with Crippen LogP contribution in [0.25, 0.3) is 0 Å². The number of pyridine rings is 1. The van der Waals surface area contributed by atoms with E-state index >= 15 is 0 Å². The molecule has 220 valence electrons. The topological polar surface area (TPSA) is 124 Å². The van der Waals surface area contributed by atoms with Gasteiger partial charge in [-0.1, -0.05) is 30.9 Å². The molecule has 0 spiro atoms. The number of aliphatic hydroxyl groups is 1. The molecule has 4 rings (SSSR count). The number of amides is 1. The number of carbonyl (C=O) groups is 1. The second-order valence-electron chi connectivity index (χ2n) is 11.1. The van der Waals surface area contributed by atoms with Crippen molar-refractivity contribution >= 4 is 15.9 Å². The standard InChI is InChI=1S/C31H38N2O7S/c1-21-9-12-25(39-26-13-10-23(11-14-26)24-19-29(34)33-41(36,37)20-24)7-5-6-8-27(21)40-28-15-16-30(32-22(28)2)38-18-17-31(3,4)35/h5-6,8,10-11,13-16,24-25,35H,1,7,9,12,17-20H2,2-4H3,(H,33,34)/b6-5-,27-8?/t24?,25-/m0/s1. The van der Waals surface area contributed by atoms with Gasteiger partial charge >= 0.3 is 0 Å². The number of rotatable bonds is 9. The maximum Gasteiger partial charge on any atom is 0.235 e. The number of nitrogens with one attached hydrogen (secondary N) is 1. The van der Waals surface area contributed by atoms with Crippen molar-refractivity contribution in [2.45, 2.75) is 70.5 Å². The van der Waals surface area contributed by atoms with E-state index in [4.69, 9.17) is 14.2 Å². The minimum absolute atomic E-state index is 0.0915. The summed E-state index contributed by atoms with van der Waals surface area (Å²) in [5.74, 6) is 1.45. The number of hydrogen-bond acceptors (Lipinski definition) is 8. The molecule has 41 heavy (non-hydrogen) atoms. The molecule has 1 amide bonds. The average molecular weight is 583 g/mol. The highest BCUT2D eigenvalue weighted by molar-refractivity contribution is 7.90. The van der Waals surface area contributed by atoms with E-state index in [0.717, 1.165) is 17.6 Å². The van der Waals surface area contributed by atoms with Crippen molar-refractivity contribution in [3.05, 3.63) is 83.8 Å². The molecule has 2 N–H and O–H groups in total. The number of benzene rings is 1. The lowest BCUT2D eigenvalue weighted by Gasteiger charge is -2.23. The maximum absolute atomic E-state index is 11.9. The highest BCUT2D eigenvalue weighted by Gasteiger charge is 2.30. The Morgan fingerprint density at radius 2 is 1.93 bits per heavy atom. The fourth-order valence-corrected chi connectivity index (χ4v) is 5.91. The van der Waals surface area contributed by atoms with Gasteiger partial charge < -0.3 is 19.3 Å². The lowest BCUT2D eigenvalue weighted by molar-refractivity contribution is -0.119. The predicted octanol–water partition coefficient (Wildman–Crippen LogP) is 4.87. The molecule has 1 aliphatic heterocycles. The van der Waals surface area contributed by atoms with Crippen LogP contribution in [-0.2, 0) is 14.8 Å². The molecule has 1 unspecified atom stereocenters. The molecule has 1 saturated heterocycles. The normalized spacial score (nSPS) is 21.9. The van der Waals surface area contributed by atoms with Crippen LogP contribution in [0, 0.1) is 6.92 Å². The average Bonchev–Trinajstić information content (AvgIpc) is 2.95. The number of nitrogens with zero attached hydrogens (tertiary/aromatic N) is 1. The third-order valence-corrected chi connectivity index (χ3v) is 8.25. The molecule has 1 aliphatic carbocycles. The van der Waals surface area contributed by atoms with Gasteiger partial charge in [0.2, 0.25) is 21.8 Å². The molecule has 10 heteroatoms. The third-order valence-electron chi connectivity index (χ3n) is 6.87. The predicted molar refractivity (Wildman–Crippen MR) is 156 cm³/mol. The van der Waals surface area contributed by atoms with Crippen LogP contribution in [0.5, 0.6) is 17.4 Å². The molecule has 0 bridgehead atoms. The van der Waals surface area contributed by atoms with Crippen LogP contribution in [0.15, 0.2) is 72.5 Å². The number of sulfonamides is 1. The Hall–Kier alpha value is -3.63. The van der Waals surface area contributed by atoms with Gasteiger partial charge in [-0.15, -0.1) is 0 Å². The number of aromatic nitrogens is 1. The van der Waals surface area contributed by atoms with Crippen LogP contribution in [0.1, 0.15) is 63.1 Å². The van der Waals surface area contributed by atoms with Gasteiger partial charge in [-0.05, 0) is 69.0 Å². The van der Waals surface area contributed by atoms with Gasteiger partial charge in [0.15, 0.2) is 0 Å². The molecule has 2 aromatic rings. The molecule has 0 radical (unpaired) electrons. The van der Waals surface area contributed by atoms with Crippen LogP contribution in [0.3, 0.4) is 0 Å². The first-order chi connectivity index (χ1) is 19.4. The monoisotopic (exact) mass is 582 g/mol. The summed E-state index contributed by atoms with van der Waals surface area (Å²) >= 11 is 0. The van der Waals surface area contributed by atoms with Crippen LogP contribution in [0.4, 0.5) is 0 Å². The lowest BCUT2D eigenvalue weighted by atomic mass is 9.97. The van der Waals surface area contributed by atoms with Crippen molar-refractivity contribution < 1.29 is 32.5 Å². The smallest absolute Gasteiger partial charge is 0.235 e. The summed E-state index contributed by atoms with van der Waals surface area (Å²) in [7, 11) is -3.59. The molecule has 9 nitrogen and oxygen atoms in total. The van der Waals surface area contributed by atoms with E-state index in [9.17, 15) is 18.3 Å². The van der Waals surface area contributed by atoms with Crippen LogP contribution in [-0.4, -0.2) is 48.5 Å². The molecule has 2 heterocycles. The first-order valence-electron chi connectivity index (χ1n) is 13.7. The molecule has 2 atom stereocenters. The van der Waals surface area contributed by atoms with Gasteiger partial charge in [-0.2, -0.15) is 0 Å². The van der Waals surface area contributed by atoms with E-state index in [-0.39, 0.29) is 24.2 Å². The Labute approximate surface area is 242 Å². The summed E-state index contributed by atoms with van der Waals surface area (Å²) in [6, 6.07) is 10.9. The fraction of sp³-hybridized carbons (Fsp3) is 0.419. The van der Waals surface area contributed by atoms with Gasteiger partial charge in [-0.25, -0.2) is 13.4 Å². The van der Waals surface area contributed by atoms with Crippen molar-refractivity contribution in [1.82, 2.24) is 9.71 Å². The SMILES string of the molecule is C=C1CC[C@@H](Oc2ccc(C3CC(=O)NS(=O)(=O)C3)cc2)C/C=C\C=C1Oc1ccc(OCCC(C)(C)O)nc1C. The maximum atomic E-state index is 11.9. The molecule has 0 saturated carbocycles. The number of allylic oxidation sites excluding steroid dienone is 3. The largest absolute Gasteiger partial charge is 0.490 e. The lowest BCUT2D eigenvalue weighted by Crippen LogP contribution is -2.40. The Kier molecular flexibility index (Phi) is 9.55. The van der Waals surface area contributed by atoms with E-state index in [2.05, 4.69) is 11.6 Å². The minimum atomic E-state index is -3.59. The minimum Gasteiger partial charge on any atom is -0.490 e. The summed E-state index contributed by atoms with van der Waals surface area (Å²) < 4.78 is 44.0. The van der Waals surface area contributed by atoms with E-state index in [1.807, 2.05) is 60.2 Å². The van der Waals surface area contributed by atoms with Gasteiger partial charge in [0.25, 0.3) is 0 Å². The summed E-state index contributed by atoms with van der Waals surface area (Å²) in [6.45, 7) is 9.92. The Morgan fingerprint density at radius 1 is 1.17 bits per heavy atom. The molecule has 1 fully saturated rings. The van der Waals surface area contributed by atoms with Gasteiger partial charge in [0, 0.05) is 31.2 Å². The number of carbonyl (C=O) groups excluding carboxylic acids is 1. The summed E-state index contributed by atoms with van der Waals surface area (Å²) in [5, 5.41) is 9.86. The van der Waals surface area contributed by atoms with Crippen molar-refractivity contribution in [2.24, 2.45) is 0 Å². The second kappa shape index (κ2) is 12.9. The van der Waals surface area contributed by atoms with Crippen molar-refractivity contribution in [3.63, 3.8) is 0 Å². The number of aryl methyl sites for hydroxylation is 1. The zero-order chi connectivity index (χ0) is 29.6. The van der Waals surface area contributed by atoms with E-state index in [0.29, 0.717) is 54.7 Å². The van der Waals surface area contributed by atoms with Gasteiger partial charge in [0.1, 0.15) is 23.4 Å². The van der Waals surface area contributed by atoms with Crippen molar-refractivity contribution in [2.75, 3.05) is 12.4 Å². The third kappa shape index (κ3) is 9.19. The van der Waals surface area contributed by atoms with Crippen LogP contribution in [0.2, 0.25) is 0 Å². The molecule has 1 aromatic carbocycles. The summed E-state index contributed by atoms with van der Waals surface area (Å²) in [4.78, 5) is 16.2. The number of ether oxygens (including phenoxy) is 3. The van der Waals surface area contributed by atoms with Gasteiger partial charge in [-0.3, -0.25) is 9.52 Å². The molecular formula is C31H38N2O7S. The summed E-state index contributed by atoms with van der Waals surface area (Å²) in [6.07, 6.45) is 8.46. The van der Waals surface area contributed by atoms with Gasteiger partial charge in [0.05, 0.1) is 23.7 Å². The first-order valence-corrected chi connectivity index (χ1v) is 15.4. The number of hydrogen-bond donors (Lipinski definition) is 2. The van der Waals surface area contributed by atoms with Crippen LogP contribution >= 0.6 is 0 Å². The van der Waals surface area contributed by atoms with E-state index in [1.165, 1.54) is 0 Å². The van der Waals surface area contributed by atoms with Crippen LogP contribution < -0.4 is 18.9 Å². The Balaban J connectivity index is 1.32.